The molecule has 3 atom stereocenters. The molecule has 1 saturated carbocycles. The van der Waals surface area contributed by atoms with Crippen LogP contribution in [0.2, 0.25) is 0 Å². The van der Waals surface area contributed by atoms with E-state index < -0.39 is 11.6 Å². The molecule has 2 heterocycles. The number of piperidine rings is 1. The minimum absolute atomic E-state index is 0.00780. The van der Waals surface area contributed by atoms with Gasteiger partial charge < -0.3 is 20.1 Å². The largest absolute Gasteiger partial charge is 0.388 e. The van der Waals surface area contributed by atoms with Crippen LogP contribution in [-0.2, 0) is 14.3 Å². The Balaban J connectivity index is 1.66. The van der Waals surface area contributed by atoms with Crippen LogP contribution in [0.5, 0.6) is 0 Å². The van der Waals surface area contributed by atoms with Gasteiger partial charge in [-0.3, -0.25) is 9.59 Å². The van der Waals surface area contributed by atoms with Gasteiger partial charge in [0.1, 0.15) is 0 Å². The summed E-state index contributed by atoms with van der Waals surface area (Å²) in [6, 6.07) is 8.88. The summed E-state index contributed by atoms with van der Waals surface area (Å²) in [6.45, 7) is 3.48. The second-order valence-corrected chi connectivity index (χ2v) is 8.64. The normalized spacial score (nSPS) is 31.4. The van der Waals surface area contributed by atoms with Crippen molar-refractivity contribution in [2.75, 3.05) is 19.8 Å². The first kappa shape index (κ1) is 19.4. The van der Waals surface area contributed by atoms with Crippen molar-refractivity contribution in [2.24, 2.45) is 11.8 Å². The molecule has 152 valence electrons. The minimum Gasteiger partial charge on any atom is -0.388 e. The predicted molar refractivity (Wildman–Crippen MR) is 104 cm³/mol. The molecule has 2 saturated heterocycles. The van der Waals surface area contributed by atoms with Crippen molar-refractivity contribution in [3.8, 4) is 0 Å². The molecule has 0 spiro atoms. The minimum atomic E-state index is -1.07. The number of amides is 2. The van der Waals surface area contributed by atoms with Crippen molar-refractivity contribution in [1.82, 2.24) is 10.2 Å². The van der Waals surface area contributed by atoms with Crippen LogP contribution in [0.3, 0.4) is 0 Å². The third-order valence-electron chi connectivity index (χ3n) is 6.42. The molecule has 6 heteroatoms. The number of hydrogen-bond acceptors (Lipinski definition) is 4. The van der Waals surface area contributed by atoms with Gasteiger partial charge in [-0.05, 0) is 44.6 Å². The highest BCUT2D eigenvalue weighted by Gasteiger charge is 2.49. The molecule has 3 unspecified atom stereocenters. The molecule has 2 N–H and O–H groups in total. The smallest absolute Gasteiger partial charge is 0.226 e. The van der Waals surface area contributed by atoms with Gasteiger partial charge in [0, 0.05) is 31.6 Å². The number of ether oxygens (including phenoxy) is 1. The van der Waals surface area contributed by atoms with Gasteiger partial charge in [-0.15, -0.1) is 0 Å². The zero-order valence-corrected chi connectivity index (χ0v) is 16.5. The number of carbonyl (C=O) groups is 2. The number of nitrogens with zero attached hydrogens (tertiary/aromatic N) is 1. The standard InChI is InChI=1S/C22H30N2O4/c1-22(27)11-12-24(21(26)17-9-13-28-14-10-17)18(15-5-3-2-4-6-15)19(22)23-20(25)16-7-8-16/h2-6,16-19,27H,7-14H2,1H3,(H,23,25). The van der Waals surface area contributed by atoms with Crippen LogP contribution in [0.15, 0.2) is 30.3 Å². The van der Waals surface area contributed by atoms with Crippen molar-refractivity contribution < 1.29 is 19.4 Å². The van der Waals surface area contributed by atoms with Crippen molar-refractivity contribution >= 4 is 11.8 Å². The first-order valence-corrected chi connectivity index (χ1v) is 10.4. The first-order chi connectivity index (χ1) is 13.5. The van der Waals surface area contributed by atoms with E-state index in [0.29, 0.717) is 26.2 Å². The lowest BCUT2D eigenvalue weighted by Gasteiger charge is -2.50. The molecular weight excluding hydrogens is 356 g/mol. The maximum atomic E-state index is 13.4. The Morgan fingerprint density at radius 2 is 1.79 bits per heavy atom. The van der Waals surface area contributed by atoms with Gasteiger partial charge in [0.2, 0.25) is 11.8 Å². The Bertz CT molecular complexity index is 711. The molecule has 3 fully saturated rings. The lowest BCUT2D eigenvalue weighted by molar-refractivity contribution is -0.152. The number of benzene rings is 1. The summed E-state index contributed by atoms with van der Waals surface area (Å²) in [5.74, 6) is 0.0986. The van der Waals surface area contributed by atoms with E-state index in [1.807, 2.05) is 35.2 Å². The molecular formula is C22H30N2O4. The van der Waals surface area contributed by atoms with Crippen molar-refractivity contribution in [1.29, 1.82) is 0 Å². The van der Waals surface area contributed by atoms with E-state index in [1.54, 1.807) is 6.92 Å². The monoisotopic (exact) mass is 386 g/mol. The van der Waals surface area contributed by atoms with E-state index >= 15 is 0 Å². The molecule has 0 radical (unpaired) electrons. The summed E-state index contributed by atoms with van der Waals surface area (Å²) >= 11 is 0. The number of rotatable bonds is 4. The molecule has 2 amide bonds. The summed E-state index contributed by atoms with van der Waals surface area (Å²) in [5.41, 5.74) is -0.124. The molecule has 4 rings (SSSR count). The molecule has 28 heavy (non-hydrogen) atoms. The van der Waals surface area contributed by atoms with Gasteiger partial charge in [0.25, 0.3) is 0 Å². The Labute approximate surface area is 166 Å². The van der Waals surface area contributed by atoms with Crippen LogP contribution < -0.4 is 5.32 Å². The van der Waals surface area contributed by atoms with E-state index in [4.69, 9.17) is 4.74 Å². The number of hydrogen-bond donors (Lipinski definition) is 2. The molecule has 0 bridgehead atoms. The van der Waals surface area contributed by atoms with E-state index in [2.05, 4.69) is 5.32 Å². The number of carbonyl (C=O) groups excluding carboxylic acids is 2. The number of aliphatic hydroxyl groups is 1. The summed E-state index contributed by atoms with van der Waals surface area (Å²) in [4.78, 5) is 27.9. The summed E-state index contributed by atoms with van der Waals surface area (Å²) < 4.78 is 5.42. The highest BCUT2D eigenvalue weighted by molar-refractivity contribution is 5.82. The fourth-order valence-corrected chi connectivity index (χ4v) is 4.46. The fourth-order valence-electron chi connectivity index (χ4n) is 4.46. The molecule has 1 aliphatic carbocycles. The Kier molecular flexibility index (Phi) is 5.43. The molecule has 3 aliphatic rings. The number of nitrogens with one attached hydrogen (secondary N) is 1. The van der Waals surface area contributed by atoms with Crippen molar-refractivity contribution in [3.63, 3.8) is 0 Å². The topological polar surface area (TPSA) is 78.9 Å². The lowest BCUT2D eigenvalue weighted by atomic mass is 9.78. The van der Waals surface area contributed by atoms with E-state index in [0.717, 1.165) is 31.2 Å². The van der Waals surface area contributed by atoms with Crippen LogP contribution in [0.25, 0.3) is 0 Å². The molecule has 1 aromatic carbocycles. The third-order valence-corrected chi connectivity index (χ3v) is 6.42. The average molecular weight is 386 g/mol. The summed E-state index contributed by atoms with van der Waals surface area (Å²) in [5, 5.41) is 14.3. The zero-order valence-electron chi connectivity index (χ0n) is 16.5. The molecule has 1 aromatic rings. The number of likely N-dealkylation sites (tertiary alicyclic amines) is 1. The molecule has 6 nitrogen and oxygen atoms in total. The van der Waals surface area contributed by atoms with Crippen LogP contribution in [-0.4, -0.2) is 53.2 Å². The Morgan fingerprint density at radius 3 is 2.43 bits per heavy atom. The van der Waals surface area contributed by atoms with Gasteiger partial charge in [-0.1, -0.05) is 30.3 Å². The summed E-state index contributed by atoms with van der Waals surface area (Å²) in [6.07, 6.45) is 3.71. The van der Waals surface area contributed by atoms with Gasteiger partial charge in [-0.25, -0.2) is 0 Å². The highest BCUT2D eigenvalue weighted by Crippen LogP contribution is 2.39. The second-order valence-electron chi connectivity index (χ2n) is 8.64. The zero-order chi connectivity index (χ0) is 19.7. The fraction of sp³-hybridized carbons (Fsp3) is 0.636. The maximum Gasteiger partial charge on any atom is 0.226 e. The maximum absolute atomic E-state index is 13.4. The van der Waals surface area contributed by atoms with Crippen LogP contribution in [0.1, 0.15) is 50.6 Å². The van der Waals surface area contributed by atoms with Crippen LogP contribution in [0.4, 0.5) is 0 Å². The van der Waals surface area contributed by atoms with Gasteiger partial charge >= 0.3 is 0 Å². The Morgan fingerprint density at radius 1 is 1.11 bits per heavy atom. The summed E-state index contributed by atoms with van der Waals surface area (Å²) in [7, 11) is 0. The van der Waals surface area contributed by atoms with E-state index in [-0.39, 0.29) is 29.7 Å². The lowest BCUT2D eigenvalue weighted by Crippen LogP contribution is -2.64. The van der Waals surface area contributed by atoms with Gasteiger partial charge in [0.05, 0.1) is 17.7 Å². The predicted octanol–water partition coefficient (Wildman–Crippen LogP) is 2.03. The quantitative estimate of drug-likeness (QED) is 0.830. The van der Waals surface area contributed by atoms with E-state index in [1.165, 1.54) is 0 Å². The third kappa shape index (κ3) is 3.94. The first-order valence-electron chi connectivity index (χ1n) is 10.4. The van der Waals surface area contributed by atoms with Gasteiger partial charge in [0.15, 0.2) is 0 Å². The molecule has 2 aliphatic heterocycles. The van der Waals surface area contributed by atoms with Gasteiger partial charge in [-0.2, -0.15) is 0 Å². The van der Waals surface area contributed by atoms with E-state index in [9.17, 15) is 14.7 Å². The second kappa shape index (κ2) is 7.84. The highest BCUT2D eigenvalue weighted by atomic mass is 16.5. The van der Waals surface area contributed by atoms with Crippen molar-refractivity contribution in [3.05, 3.63) is 35.9 Å². The Hall–Kier alpha value is -1.92. The van der Waals surface area contributed by atoms with Crippen molar-refractivity contribution in [2.45, 2.75) is 56.7 Å². The van der Waals surface area contributed by atoms with Crippen LogP contribution >= 0.6 is 0 Å². The SMILES string of the molecule is CC1(O)CCN(C(=O)C2CCOCC2)C(c2ccccc2)C1NC(=O)C1CC1. The molecule has 0 aromatic heterocycles. The average Bonchev–Trinajstić information content (AvgIpc) is 3.55. The van der Waals surface area contributed by atoms with Crippen LogP contribution in [0, 0.1) is 11.8 Å².